The van der Waals surface area contributed by atoms with Crippen molar-refractivity contribution in [1.29, 1.82) is 0 Å². The number of nitrogens with zero attached hydrogens (tertiary/aromatic N) is 2. The standard InChI is InChI=1S/C26H31N3O4/c1-18-5-2-7-21(15-18)27-26(31)28-11-3-6-20(17-28)25(30)29-12-4-8-22(29)19-9-10-23-24(16-19)33-14-13-32-23/h2,5,7,9-10,15-16,20,22H,3-4,6,8,11-14,17H2,1H3,(H,27,31)/t20-,22-/m1/s1. The minimum atomic E-state index is -0.167. The highest BCUT2D eigenvalue weighted by Crippen LogP contribution is 2.39. The molecule has 0 saturated carbocycles. The first-order valence-electron chi connectivity index (χ1n) is 11.9. The van der Waals surface area contributed by atoms with Crippen LogP contribution in [0.15, 0.2) is 42.5 Å². The molecule has 3 amide bonds. The number of carbonyl (C=O) groups is 2. The van der Waals surface area contributed by atoms with Gasteiger partial charge in [0.1, 0.15) is 13.2 Å². The fourth-order valence-electron chi connectivity index (χ4n) is 5.17. The number of piperidine rings is 1. The number of likely N-dealkylation sites (tertiary alicyclic amines) is 2. The molecule has 2 aromatic carbocycles. The lowest BCUT2D eigenvalue weighted by Crippen LogP contribution is -2.47. The van der Waals surface area contributed by atoms with Crippen LogP contribution in [-0.4, -0.2) is 54.6 Å². The molecule has 0 aliphatic carbocycles. The maximum Gasteiger partial charge on any atom is 0.321 e. The van der Waals surface area contributed by atoms with E-state index in [1.165, 1.54) is 0 Å². The first-order chi connectivity index (χ1) is 16.1. The highest BCUT2D eigenvalue weighted by molar-refractivity contribution is 5.90. The maximum atomic E-state index is 13.6. The molecule has 0 bridgehead atoms. The Labute approximate surface area is 194 Å². The number of urea groups is 1. The summed E-state index contributed by atoms with van der Waals surface area (Å²) in [5.74, 6) is 1.51. The van der Waals surface area contributed by atoms with E-state index in [9.17, 15) is 9.59 Å². The number of hydrogen-bond donors (Lipinski definition) is 1. The van der Waals surface area contributed by atoms with Crippen molar-refractivity contribution in [3.05, 3.63) is 53.6 Å². The maximum absolute atomic E-state index is 13.6. The van der Waals surface area contributed by atoms with Crippen LogP contribution in [0.2, 0.25) is 0 Å². The molecule has 1 N–H and O–H groups in total. The molecule has 2 aromatic rings. The van der Waals surface area contributed by atoms with Crippen LogP contribution < -0.4 is 14.8 Å². The summed E-state index contributed by atoms with van der Waals surface area (Å²) < 4.78 is 11.4. The number of anilines is 1. The molecule has 0 spiro atoms. The van der Waals surface area contributed by atoms with E-state index >= 15 is 0 Å². The van der Waals surface area contributed by atoms with E-state index in [0.717, 1.165) is 60.5 Å². The Kier molecular flexibility index (Phi) is 6.11. The van der Waals surface area contributed by atoms with Crippen LogP contribution in [0.25, 0.3) is 0 Å². The lowest BCUT2D eigenvalue weighted by atomic mass is 9.95. The second-order valence-electron chi connectivity index (χ2n) is 9.18. The monoisotopic (exact) mass is 449 g/mol. The highest BCUT2D eigenvalue weighted by atomic mass is 16.6. The van der Waals surface area contributed by atoms with Gasteiger partial charge in [0.15, 0.2) is 11.5 Å². The number of nitrogens with one attached hydrogen (secondary N) is 1. The predicted molar refractivity (Wildman–Crippen MR) is 126 cm³/mol. The molecule has 3 heterocycles. The molecule has 0 unspecified atom stereocenters. The van der Waals surface area contributed by atoms with Crippen molar-refractivity contribution in [2.75, 3.05) is 38.2 Å². The van der Waals surface area contributed by atoms with E-state index in [-0.39, 0.29) is 23.9 Å². The number of amides is 3. The van der Waals surface area contributed by atoms with Gasteiger partial charge in [-0.05, 0) is 68.0 Å². The molecule has 0 radical (unpaired) electrons. The third kappa shape index (κ3) is 4.63. The van der Waals surface area contributed by atoms with Crippen molar-refractivity contribution < 1.29 is 19.1 Å². The third-order valence-corrected chi connectivity index (χ3v) is 6.81. The van der Waals surface area contributed by atoms with Crippen LogP contribution >= 0.6 is 0 Å². The Balaban J connectivity index is 1.26. The van der Waals surface area contributed by atoms with Gasteiger partial charge in [0.25, 0.3) is 0 Å². The molecular weight excluding hydrogens is 418 g/mol. The zero-order chi connectivity index (χ0) is 22.8. The third-order valence-electron chi connectivity index (χ3n) is 6.81. The summed E-state index contributed by atoms with van der Waals surface area (Å²) in [6.07, 6.45) is 3.57. The Morgan fingerprint density at radius 3 is 2.64 bits per heavy atom. The number of ether oxygens (including phenoxy) is 2. The summed E-state index contributed by atoms with van der Waals surface area (Å²) in [4.78, 5) is 30.2. The van der Waals surface area contributed by atoms with Gasteiger partial charge in [-0.1, -0.05) is 18.2 Å². The second-order valence-corrected chi connectivity index (χ2v) is 9.18. The van der Waals surface area contributed by atoms with Gasteiger partial charge < -0.3 is 24.6 Å². The second kappa shape index (κ2) is 9.33. The van der Waals surface area contributed by atoms with Gasteiger partial charge in [-0.25, -0.2) is 4.79 Å². The average Bonchev–Trinajstić information content (AvgIpc) is 3.33. The van der Waals surface area contributed by atoms with Gasteiger partial charge in [-0.15, -0.1) is 0 Å². The summed E-state index contributed by atoms with van der Waals surface area (Å²) in [7, 11) is 0. The van der Waals surface area contributed by atoms with Crippen LogP contribution in [-0.2, 0) is 4.79 Å². The summed E-state index contributed by atoms with van der Waals surface area (Å²) in [6.45, 7) is 5.00. The smallest absolute Gasteiger partial charge is 0.321 e. The van der Waals surface area contributed by atoms with Gasteiger partial charge >= 0.3 is 6.03 Å². The molecule has 0 aromatic heterocycles. The average molecular weight is 450 g/mol. The summed E-state index contributed by atoms with van der Waals surface area (Å²) in [5.41, 5.74) is 2.97. The number of benzene rings is 2. The number of aryl methyl sites for hydroxylation is 1. The van der Waals surface area contributed by atoms with Gasteiger partial charge in [0.2, 0.25) is 5.91 Å². The Bertz CT molecular complexity index is 1040. The molecule has 2 atom stereocenters. The summed E-state index contributed by atoms with van der Waals surface area (Å²) >= 11 is 0. The van der Waals surface area contributed by atoms with E-state index in [1.54, 1.807) is 4.90 Å². The van der Waals surface area contributed by atoms with Gasteiger partial charge in [-0.2, -0.15) is 0 Å². The van der Waals surface area contributed by atoms with Crippen molar-refractivity contribution in [1.82, 2.24) is 9.80 Å². The predicted octanol–water partition coefficient (Wildman–Crippen LogP) is 4.37. The lowest BCUT2D eigenvalue weighted by Gasteiger charge is -2.36. The zero-order valence-corrected chi connectivity index (χ0v) is 19.1. The Morgan fingerprint density at radius 2 is 1.79 bits per heavy atom. The number of rotatable bonds is 3. The van der Waals surface area contributed by atoms with Crippen LogP contribution in [0.1, 0.15) is 42.9 Å². The van der Waals surface area contributed by atoms with Crippen LogP contribution in [0.3, 0.4) is 0 Å². The van der Waals surface area contributed by atoms with Crippen LogP contribution in [0, 0.1) is 12.8 Å². The Morgan fingerprint density at radius 1 is 0.970 bits per heavy atom. The topological polar surface area (TPSA) is 71.1 Å². The molecular formula is C26H31N3O4. The summed E-state index contributed by atoms with van der Waals surface area (Å²) in [5, 5.41) is 2.98. The molecule has 2 fully saturated rings. The quantitative estimate of drug-likeness (QED) is 0.755. The molecule has 174 valence electrons. The molecule has 2 saturated heterocycles. The van der Waals surface area contributed by atoms with Crippen molar-refractivity contribution in [2.45, 2.75) is 38.6 Å². The van der Waals surface area contributed by atoms with E-state index < -0.39 is 0 Å². The van der Waals surface area contributed by atoms with E-state index in [1.807, 2.05) is 54.3 Å². The fraction of sp³-hybridized carbons (Fsp3) is 0.462. The van der Waals surface area contributed by atoms with Gasteiger partial charge in [-0.3, -0.25) is 4.79 Å². The zero-order valence-electron chi connectivity index (χ0n) is 19.1. The van der Waals surface area contributed by atoms with Gasteiger partial charge in [0.05, 0.1) is 12.0 Å². The molecule has 33 heavy (non-hydrogen) atoms. The first-order valence-corrected chi connectivity index (χ1v) is 11.9. The number of carbonyl (C=O) groups excluding carboxylic acids is 2. The van der Waals surface area contributed by atoms with Crippen LogP contribution in [0.4, 0.5) is 10.5 Å². The van der Waals surface area contributed by atoms with Crippen LogP contribution in [0.5, 0.6) is 11.5 Å². The summed E-state index contributed by atoms with van der Waals surface area (Å²) in [6, 6.07) is 13.7. The largest absolute Gasteiger partial charge is 0.486 e. The molecule has 7 nitrogen and oxygen atoms in total. The van der Waals surface area contributed by atoms with Crippen molar-refractivity contribution in [3.8, 4) is 11.5 Å². The minimum Gasteiger partial charge on any atom is -0.486 e. The van der Waals surface area contributed by atoms with Crippen molar-refractivity contribution in [2.24, 2.45) is 5.92 Å². The molecule has 3 aliphatic rings. The minimum absolute atomic E-state index is 0.0461. The van der Waals surface area contributed by atoms with Gasteiger partial charge in [0, 0.05) is 25.3 Å². The molecule has 7 heteroatoms. The van der Waals surface area contributed by atoms with Crippen molar-refractivity contribution >= 4 is 17.6 Å². The molecule has 3 aliphatic heterocycles. The lowest BCUT2D eigenvalue weighted by molar-refractivity contribution is -0.137. The SMILES string of the molecule is Cc1cccc(NC(=O)N2CCC[C@@H](C(=O)N3CCC[C@@H]3c3ccc4c(c3)OCCO4)C2)c1. The van der Waals surface area contributed by atoms with E-state index in [4.69, 9.17) is 9.47 Å². The normalized spacial score (nSPS) is 22.2. The number of fused-ring (bicyclic) bond motifs is 1. The Hall–Kier alpha value is -3.22. The van der Waals surface area contributed by atoms with E-state index in [2.05, 4.69) is 5.32 Å². The molecule has 5 rings (SSSR count). The fourth-order valence-corrected chi connectivity index (χ4v) is 5.17. The highest BCUT2D eigenvalue weighted by Gasteiger charge is 2.37. The van der Waals surface area contributed by atoms with E-state index in [0.29, 0.717) is 26.3 Å². The first kappa shape index (κ1) is 21.6. The number of hydrogen-bond acceptors (Lipinski definition) is 4. The van der Waals surface area contributed by atoms with Crippen molar-refractivity contribution in [3.63, 3.8) is 0 Å².